The minimum absolute atomic E-state index is 0.0925. The summed E-state index contributed by atoms with van der Waals surface area (Å²) in [4.78, 5) is 23.5. The van der Waals surface area contributed by atoms with Crippen molar-refractivity contribution in [3.05, 3.63) is 40.7 Å². The molecule has 0 saturated carbocycles. The van der Waals surface area contributed by atoms with Crippen molar-refractivity contribution in [3.63, 3.8) is 0 Å². The average molecular weight is 353 g/mol. The smallest absolute Gasteiger partial charge is 0.337 e. The minimum atomic E-state index is -2.80. The number of alkyl halides is 2. The zero-order valence-electron chi connectivity index (χ0n) is 13.8. The number of halogens is 2. The van der Waals surface area contributed by atoms with Crippen molar-refractivity contribution >= 4 is 17.6 Å². The van der Waals surface area contributed by atoms with Gasteiger partial charge in [0.1, 0.15) is 5.75 Å². The van der Waals surface area contributed by atoms with Gasteiger partial charge in [-0.15, -0.1) is 0 Å². The van der Waals surface area contributed by atoms with Gasteiger partial charge in [0.15, 0.2) is 0 Å². The molecule has 1 aromatic heterocycles. The zero-order chi connectivity index (χ0) is 18.7. The minimum Gasteiger partial charge on any atom is -0.497 e. The van der Waals surface area contributed by atoms with Crippen LogP contribution >= 0.6 is 0 Å². The van der Waals surface area contributed by atoms with Crippen LogP contribution in [0.25, 0.3) is 0 Å². The van der Waals surface area contributed by atoms with E-state index in [1.807, 2.05) is 0 Å². The summed E-state index contributed by atoms with van der Waals surface area (Å²) in [5.74, 6) is -1.43. The first-order valence-electron chi connectivity index (χ1n) is 7.28. The molecule has 2 rings (SSSR count). The van der Waals surface area contributed by atoms with Gasteiger partial charge in [-0.05, 0) is 32.0 Å². The standard InChI is InChI=1S/C16H17F2N3O4/c1-8-11(9(2)21(20-8)16(17)18)7-14(22)19-13-5-4-10(25-3)6-12(13)15(23)24/h4-6,16H,7H2,1-3H3,(H,19,22)(H,23,24). The Balaban J connectivity index is 2.23. The number of hydrogen-bond acceptors (Lipinski definition) is 4. The highest BCUT2D eigenvalue weighted by Gasteiger charge is 2.20. The molecule has 0 fully saturated rings. The Bertz CT molecular complexity index is 818. The molecule has 1 amide bonds. The van der Waals surface area contributed by atoms with Gasteiger partial charge >= 0.3 is 12.5 Å². The molecule has 0 atom stereocenters. The number of anilines is 1. The first-order chi connectivity index (χ1) is 11.7. The van der Waals surface area contributed by atoms with Crippen LogP contribution in [0.15, 0.2) is 18.2 Å². The number of ether oxygens (including phenoxy) is 1. The van der Waals surface area contributed by atoms with E-state index in [0.29, 0.717) is 21.7 Å². The predicted molar refractivity (Wildman–Crippen MR) is 85.2 cm³/mol. The lowest BCUT2D eigenvalue weighted by molar-refractivity contribution is -0.115. The van der Waals surface area contributed by atoms with Crippen LogP contribution in [0.5, 0.6) is 5.75 Å². The largest absolute Gasteiger partial charge is 0.497 e. The number of carboxylic acids is 1. The molecule has 0 radical (unpaired) electrons. The molecule has 0 aliphatic heterocycles. The molecule has 2 aromatic rings. The fraction of sp³-hybridized carbons (Fsp3) is 0.312. The first kappa shape index (κ1) is 18.4. The van der Waals surface area contributed by atoms with Crippen LogP contribution in [0.2, 0.25) is 0 Å². The SMILES string of the molecule is COc1ccc(NC(=O)Cc2c(C)nn(C(F)F)c2C)c(C(=O)O)c1. The maximum absolute atomic E-state index is 12.8. The Morgan fingerprint density at radius 3 is 2.56 bits per heavy atom. The van der Waals surface area contributed by atoms with Gasteiger partial charge in [0, 0.05) is 11.3 Å². The Hall–Kier alpha value is -2.97. The molecule has 134 valence electrons. The molecule has 0 saturated heterocycles. The molecule has 7 nitrogen and oxygen atoms in total. The Morgan fingerprint density at radius 2 is 2.04 bits per heavy atom. The predicted octanol–water partition coefficient (Wildman–Crippen LogP) is 2.78. The molecule has 0 aliphatic carbocycles. The molecular formula is C16H17F2N3O4. The number of benzene rings is 1. The zero-order valence-corrected chi connectivity index (χ0v) is 13.8. The molecule has 0 unspecified atom stereocenters. The Morgan fingerprint density at radius 1 is 1.36 bits per heavy atom. The summed E-state index contributed by atoms with van der Waals surface area (Å²) >= 11 is 0. The highest BCUT2D eigenvalue weighted by atomic mass is 19.3. The molecule has 1 heterocycles. The molecule has 2 N–H and O–H groups in total. The van der Waals surface area contributed by atoms with Crippen LogP contribution < -0.4 is 10.1 Å². The van der Waals surface area contributed by atoms with E-state index in [9.17, 15) is 23.5 Å². The fourth-order valence-electron chi connectivity index (χ4n) is 2.43. The number of carbonyl (C=O) groups is 2. The van der Waals surface area contributed by atoms with Crippen molar-refractivity contribution in [2.75, 3.05) is 12.4 Å². The van der Waals surface area contributed by atoms with E-state index in [2.05, 4.69) is 10.4 Å². The van der Waals surface area contributed by atoms with Gasteiger partial charge in [0.05, 0.1) is 30.5 Å². The summed E-state index contributed by atoms with van der Waals surface area (Å²) in [5, 5.41) is 15.4. The maximum atomic E-state index is 12.8. The lowest BCUT2D eigenvalue weighted by Crippen LogP contribution is -2.17. The van der Waals surface area contributed by atoms with Gasteiger partial charge in [-0.25, -0.2) is 9.48 Å². The van der Waals surface area contributed by atoms with Crippen molar-refractivity contribution in [3.8, 4) is 5.75 Å². The quantitative estimate of drug-likeness (QED) is 0.833. The number of rotatable bonds is 6. The molecule has 0 spiro atoms. The number of methoxy groups -OCH3 is 1. The topological polar surface area (TPSA) is 93.5 Å². The van der Waals surface area contributed by atoms with E-state index in [1.165, 1.54) is 39.2 Å². The number of carboxylic acid groups (broad SMARTS) is 1. The summed E-state index contributed by atoms with van der Waals surface area (Å²) in [5.41, 5.74) is 0.847. The van der Waals surface area contributed by atoms with E-state index in [4.69, 9.17) is 4.74 Å². The molecule has 9 heteroatoms. The number of hydrogen-bond donors (Lipinski definition) is 2. The second-order valence-electron chi connectivity index (χ2n) is 5.31. The Kier molecular flexibility index (Phi) is 5.35. The molecule has 25 heavy (non-hydrogen) atoms. The van der Waals surface area contributed by atoms with E-state index in [-0.39, 0.29) is 23.4 Å². The van der Waals surface area contributed by atoms with E-state index in [1.54, 1.807) is 0 Å². The van der Waals surface area contributed by atoms with Gasteiger partial charge < -0.3 is 15.2 Å². The third-order valence-electron chi connectivity index (χ3n) is 3.73. The number of aromatic carboxylic acids is 1. The molecule has 1 aromatic carbocycles. The Labute approximate surface area is 142 Å². The van der Waals surface area contributed by atoms with Crippen LogP contribution in [-0.2, 0) is 11.2 Å². The van der Waals surface area contributed by atoms with Gasteiger partial charge in [-0.1, -0.05) is 0 Å². The third kappa shape index (κ3) is 3.93. The summed E-state index contributed by atoms with van der Waals surface area (Å²) < 4.78 is 31.2. The second kappa shape index (κ2) is 7.29. The van der Waals surface area contributed by atoms with E-state index < -0.39 is 18.4 Å². The average Bonchev–Trinajstić information content (AvgIpc) is 2.83. The maximum Gasteiger partial charge on any atom is 0.337 e. The number of aryl methyl sites for hydroxylation is 1. The monoisotopic (exact) mass is 353 g/mol. The van der Waals surface area contributed by atoms with Gasteiger partial charge in [-0.3, -0.25) is 4.79 Å². The summed E-state index contributed by atoms with van der Waals surface area (Å²) in [6.45, 7) is 0.186. The highest BCUT2D eigenvalue weighted by Crippen LogP contribution is 2.24. The molecular weight excluding hydrogens is 336 g/mol. The van der Waals surface area contributed by atoms with Gasteiger partial charge in [-0.2, -0.15) is 13.9 Å². The van der Waals surface area contributed by atoms with E-state index >= 15 is 0 Å². The van der Waals surface area contributed by atoms with Gasteiger partial charge in [0.25, 0.3) is 0 Å². The lowest BCUT2D eigenvalue weighted by atomic mass is 10.1. The summed E-state index contributed by atoms with van der Waals surface area (Å²) in [6, 6.07) is 4.19. The normalized spacial score (nSPS) is 10.8. The van der Waals surface area contributed by atoms with Crippen LogP contribution in [-0.4, -0.2) is 33.9 Å². The third-order valence-corrected chi connectivity index (χ3v) is 3.73. The van der Waals surface area contributed by atoms with Crippen molar-refractivity contribution in [2.45, 2.75) is 26.8 Å². The number of carbonyl (C=O) groups excluding carboxylic acids is 1. The van der Waals surface area contributed by atoms with Crippen LogP contribution in [0, 0.1) is 13.8 Å². The number of amides is 1. The van der Waals surface area contributed by atoms with E-state index in [0.717, 1.165) is 0 Å². The number of nitrogens with one attached hydrogen (secondary N) is 1. The second-order valence-corrected chi connectivity index (χ2v) is 5.31. The van der Waals surface area contributed by atoms with Crippen molar-refractivity contribution in [1.82, 2.24) is 9.78 Å². The van der Waals surface area contributed by atoms with Crippen LogP contribution in [0.1, 0.15) is 33.9 Å². The summed E-state index contributed by atoms with van der Waals surface area (Å²) in [7, 11) is 1.39. The fourth-order valence-corrected chi connectivity index (χ4v) is 2.43. The van der Waals surface area contributed by atoms with Crippen molar-refractivity contribution < 1.29 is 28.2 Å². The lowest BCUT2D eigenvalue weighted by Gasteiger charge is -2.10. The molecule has 0 aliphatic rings. The summed E-state index contributed by atoms with van der Waals surface area (Å²) in [6.07, 6.45) is -0.199. The number of aromatic nitrogens is 2. The first-order valence-corrected chi connectivity index (χ1v) is 7.28. The van der Waals surface area contributed by atoms with Crippen LogP contribution in [0.3, 0.4) is 0 Å². The number of nitrogens with zero attached hydrogens (tertiary/aromatic N) is 2. The van der Waals surface area contributed by atoms with Crippen molar-refractivity contribution in [1.29, 1.82) is 0 Å². The van der Waals surface area contributed by atoms with Crippen LogP contribution in [0.4, 0.5) is 14.5 Å². The highest BCUT2D eigenvalue weighted by molar-refractivity contribution is 6.01. The van der Waals surface area contributed by atoms with Crippen molar-refractivity contribution in [2.24, 2.45) is 0 Å². The van der Waals surface area contributed by atoms with Gasteiger partial charge in [0.2, 0.25) is 5.91 Å². The molecule has 0 bridgehead atoms.